The highest BCUT2D eigenvalue weighted by atomic mass is 79.9. The molecule has 0 fully saturated rings. The van der Waals surface area contributed by atoms with Crippen molar-refractivity contribution in [2.24, 2.45) is 4.99 Å². The Bertz CT molecular complexity index is 1080. The largest absolute Gasteiger partial charge is 0.483 e. The highest BCUT2D eigenvalue weighted by molar-refractivity contribution is 9.10. The summed E-state index contributed by atoms with van der Waals surface area (Å²) >= 11 is 3.43. The molecule has 0 aliphatic carbocycles. The van der Waals surface area contributed by atoms with Gasteiger partial charge in [-0.2, -0.15) is 0 Å². The number of nitrogens with one attached hydrogen (secondary N) is 1. The number of hydrogen-bond donors (Lipinski definition) is 1. The molecule has 0 aliphatic heterocycles. The number of rotatable bonds is 7. The number of hydrogen-bond acceptors (Lipinski definition) is 5. The normalized spacial score (nSPS) is 10.7. The number of aryl methyl sites for hydroxylation is 1. The second-order valence-corrected chi connectivity index (χ2v) is 7.28. The molecule has 3 aromatic rings. The van der Waals surface area contributed by atoms with E-state index in [0.29, 0.717) is 21.6 Å². The van der Waals surface area contributed by atoms with Crippen LogP contribution >= 0.6 is 15.9 Å². The molecule has 0 heterocycles. The molecule has 0 saturated heterocycles. The molecule has 0 spiro atoms. The molecule has 1 amide bonds. The Kier molecular flexibility index (Phi) is 6.92. The van der Waals surface area contributed by atoms with E-state index in [-0.39, 0.29) is 18.2 Å². The lowest BCUT2D eigenvalue weighted by molar-refractivity contribution is -0.384. The van der Waals surface area contributed by atoms with Crippen LogP contribution in [0.15, 0.2) is 76.2 Å². The minimum Gasteiger partial charge on any atom is -0.483 e. The third-order valence-electron chi connectivity index (χ3n) is 4.07. The summed E-state index contributed by atoms with van der Waals surface area (Å²) in [7, 11) is 0. The zero-order valence-corrected chi connectivity index (χ0v) is 17.6. The molecule has 152 valence electrons. The third kappa shape index (κ3) is 5.99. The van der Waals surface area contributed by atoms with Crippen molar-refractivity contribution >= 4 is 45.1 Å². The Morgan fingerprint density at radius 1 is 1.13 bits per heavy atom. The van der Waals surface area contributed by atoms with E-state index in [1.165, 1.54) is 12.1 Å². The summed E-state index contributed by atoms with van der Waals surface area (Å²) in [6.45, 7) is 1.86. The fourth-order valence-electron chi connectivity index (χ4n) is 2.50. The van der Waals surface area contributed by atoms with Gasteiger partial charge in [-0.15, -0.1) is 0 Å². The molecule has 3 aromatic carbocycles. The van der Waals surface area contributed by atoms with E-state index in [2.05, 4.69) is 26.2 Å². The average Bonchev–Trinajstić information content (AvgIpc) is 2.73. The number of amides is 1. The zero-order valence-electron chi connectivity index (χ0n) is 16.0. The van der Waals surface area contributed by atoms with Crippen LogP contribution in [-0.4, -0.2) is 23.7 Å². The summed E-state index contributed by atoms with van der Waals surface area (Å²) in [5.41, 5.74) is 3.25. The predicted octanol–water partition coefficient (Wildman–Crippen LogP) is 5.43. The number of nitrogens with zero attached hydrogens (tertiary/aromatic N) is 2. The Labute approximate surface area is 181 Å². The molecular formula is C22H18BrN3O4. The SMILES string of the molecule is Cc1ccc(NC(=O)COc2ccc(C=Nc3ccc([N+](=O)[O-])cc3)cc2Br)cc1. The highest BCUT2D eigenvalue weighted by Gasteiger charge is 2.07. The molecule has 0 saturated carbocycles. The van der Waals surface area contributed by atoms with Crippen molar-refractivity contribution in [1.29, 1.82) is 0 Å². The molecule has 0 atom stereocenters. The van der Waals surface area contributed by atoms with Crippen LogP contribution in [0.25, 0.3) is 0 Å². The van der Waals surface area contributed by atoms with Gasteiger partial charge in [-0.3, -0.25) is 19.9 Å². The van der Waals surface area contributed by atoms with Gasteiger partial charge in [-0.1, -0.05) is 17.7 Å². The summed E-state index contributed by atoms with van der Waals surface area (Å²) in [5, 5.41) is 13.5. The number of carbonyl (C=O) groups excluding carboxylic acids is 1. The Balaban J connectivity index is 1.57. The predicted molar refractivity (Wildman–Crippen MR) is 120 cm³/mol. The third-order valence-corrected chi connectivity index (χ3v) is 4.69. The van der Waals surface area contributed by atoms with E-state index < -0.39 is 4.92 Å². The van der Waals surface area contributed by atoms with Gasteiger partial charge >= 0.3 is 0 Å². The maximum absolute atomic E-state index is 12.1. The number of anilines is 1. The first-order chi connectivity index (χ1) is 14.4. The molecule has 1 N–H and O–H groups in total. The van der Waals surface area contributed by atoms with E-state index in [1.54, 1.807) is 30.5 Å². The number of nitro groups is 1. The number of carbonyl (C=O) groups is 1. The van der Waals surface area contributed by atoms with Crippen molar-refractivity contribution < 1.29 is 14.5 Å². The summed E-state index contributed by atoms with van der Waals surface area (Å²) < 4.78 is 6.26. The zero-order chi connectivity index (χ0) is 21.5. The number of non-ortho nitro benzene ring substituents is 1. The van der Waals surface area contributed by atoms with Crippen molar-refractivity contribution in [3.8, 4) is 5.75 Å². The van der Waals surface area contributed by atoms with Crippen LogP contribution in [0.3, 0.4) is 0 Å². The maximum Gasteiger partial charge on any atom is 0.269 e. The van der Waals surface area contributed by atoms with Gasteiger partial charge in [0.25, 0.3) is 11.6 Å². The van der Waals surface area contributed by atoms with Crippen LogP contribution in [0.4, 0.5) is 17.1 Å². The van der Waals surface area contributed by atoms with Crippen LogP contribution in [0.1, 0.15) is 11.1 Å². The average molecular weight is 468 g/mol. The molecule has 0 radical (unpaired) electrons. The van der Waals surface area contributed by atoms with Crippen molar-refractivity contribution in [3.05, 3.63) is 92.4 Å². The van der Waals surface area contributed by atoms with Gasteiger partial charge in [0, 0.05) is 24.0 Å². The molecule has 3 rings (SSSR count). The molecule has 0 aliphatic rings. The van der Waals surface area contributed by atoms with Crippen molar-refractivity contribution in [2.75, 3.05) is 11.9 Å². The summed E-state index contributed by atoms with van der Waals surface area (Å²) in [6, 6.07) is 18.8. The molecule has 7 nitrogen and oxygen atoms in total. The Morgan fingerprint density at radius 2 is 1.83 bits per heavy atom. The monoisotopic (exact) mass is 467 g/mol. The standard InChI is InChI=1S/C22H18BrN3O4/c1-15-2-5-18(6-3-15)25-22(27)14-30-21-11-4-16(12-20(21)23)13-24-17-7-9-19(10-8-17)26(28)29/h2-13H,14H2,1H3,(H,25,27). The lowest BCUT2D eigenvalue weighted by Gasteiger charge is -2.09. The van der Waals surface area contributed by atoms with Gasteiger partial charge in [-0.25, -0.2) is 0 Å². The number of nitro benzene ring substituents is 1. The Hall–Kier alpha value is -3.52. The highest BCUT2D eigenvalue weighted by Crippen LogP contribution is 2.26. The van der Waals surface area contributed by atoms with E-state index >= 15 is 0 Å². The minimum absolute atomic E-state index is 0.0182. The molecule has 8 heteroatoms. The lowest BCUT2D eigenvalue weighted by Crippen LogP contribution is -2.20. The smallest absolute Gasteiger partial charge is 0.269 e. The van der Waals surface area contributed by atoms with Crippen molar-refractivity contribution in [1.82, 2.24) is 0 Å². The first kappa shape index (κ1) is 21.2. The van der Waals surface area contributed by atoms with E-state index in [1.807, 2.05) is 37.3 Å². The van der Waals surface area contributed by atoms with Crippen LogP contribution in [-0.2, 0) is 4.79 Å². The summed E-state index contributed by atoms with van der Waals surface area (Å²) in [4.78, 5) is 26.6. The second kappa shape index (κ2) is 9.80. The van der Waals surface area contributed by atoms with Crippen molar-refractivity contribution in [2.45, 2.75) is 6.92 Å². The van der Waals surface area contributed by atoms with Crippen molar-refractivity contribution in [3.63, 3.8) is 0 Å². The van der Waals surface area contributed by atoms with E-state index in [0.717, 1.165) is 11.1 Å². The number of benzene rings is 3. The molecule has 0 unspecified atom stereocenters. The quantitative estimate of drug-likeness (QED) is 0.284. The second-order valence-electron chi connectivity index (χ2n) is 6.42. The van der Waals surface area contributed by atoms with Crippen LogP contribution in [0, 0.1) is 17.0 Å². The van der Waals surface area contributed by atoms with Crippen LogP contribution in [0.5, 0.6) is 5.75 Å². The number of halogens is 1. The topological polar surface area (TPSA) is 93.8 Å². The molecular weight excluding hydrogens is 450 g/mol. The van der Waals surface area contributed by atoms with Gasteiger partial charge < -0.3 is 10.1 Å². The first-order valence-electron chi connectivity index (χ1n) is 8.98. The number of aliphatic imine (C=N–C) groups is 1. The van der Waals surface area contributed by atoms with Gasteiger partial charge in [0.2, 0.25) is 0 Å². The van der Waals surface area contributed by atoms with Gasteiger partial charge in [0.05, 0.1) is 15.1 Å². The summed E-state index contributed by atoms with van der Waals surface area (Å²) in [5.74, 6) is 0.274. The van der Waals surface area contributed by atoms with Gasteiger partial charge in [0.1, 0.15) is 5.75 Å². The fourth-order valence-corrected chi connectivity index (χ4v) is 3.01. The fraction of sp³-hybridized carbons (Fsp3) is 0.0909. The first-order valence-corrected chi connectivity index (χ1v) is 9.77. The summed E-state index contributed by atoms with van der Waals surface area (Å²) in [6.07, 6.45) is 1.64. The van der Waals surface area contributed by atoms with Crippen LogP contribution < -0.4 is 10.1 Å². The van der Waals surface area contributed by atoms with Crippen LogP contribution in [0.2, 0.25) is 0 Å². The van der Waals surface area contributed by atoms with E-state index in [4.69, 9.17) is 4.74 Å². The van der Waals surface area contributed by atoms with Gasteiger partial charge in [-0.05, 0) is 70.9 Å². The molecule has 0 aromatic heterocycles. The minimum atomic E-state index is -0.454. The van der Waals surface area contributed by atoms with E-state index in [9.17, 15) is 14.9 Å². The maximum atomic E-state index is 12.1. The lowest BCUT2D eigenvalue weighted by atomic mass is 10.2. The van der Waals surface area contributed by atoms with Gasteiger partial charge in [0.15, 0.2) is 6.61 Å². The molecule has 0 bridgehead atoms. The number of ether oxygens (including phenoxy) is 1. The molecule has 30 heavy (non-hydrogen) atoms. The Morgan fingerprint density at radius 3 is 2.47 bits per heavy atom.